The van der Waals surface area contributed by atoms with Gasteiger partial charge in [-0.05, 0) is 69.7 Å². The Morgan fingerprint density at radius 2 is 1.61 bits per heavy atom. The third-order valence-electron chi connectivity index (χ3n) is 6.77. The molecular formula is C31H34N4O5S. The van der Waals surface area contributed by atoms with E-state index in [-0.39, 0.29) is 10.6 Å². The molecule has 0 spiro atoms. The Kier molecular flexibility index (Phi) is 8.83. The number of ether oxygens (including phenoxy) is 2. The quantitative estimate of drug-likeness (QED) is 0.210. The lowest BCUT2D eigenvalue weighted by molar-refractivity contribution is -0.119. The molecule has 1 amide bonds. The Hall–Kier alpha value is -4.57. The second kappa shape index (κ2) is 12.3. The fraction of sp³-hybridized carbons (Fsp3) is 0.226. The molecule has 1 heterocycles. The van der Waals surface area contributed by atoms with Crippen molar-refractivity contribution < 1.29 is 22.7 Å². The van der Waals surface area contributed by atoms with Crippen LogP contribution in [0.4, 0.5) is 5.69 Å². The van der Waals surface area contributed by atoms with Crippen molar-refractivity contribution in [3.63, 3.8) is 0 Å². The number of amides is 1. The van der Waals surface area contributed by atoms with Crippen molar-refractivity contribution in [1.82, 2.24) is 9.99 Å². The molecule has 9 nitrogen and oxygen atoms in total. The van der Waals surface area contributed by atoms with E-state index in [1.54, 1.807) is 30.5 Å². The van der Waals surface area contributed by atoms with Crippen LogP contribution >= 0.6 is 0 Å². The SMILES string of the molecule is COc1ccc(S(=O)(=O)N(CC(=O)N/N=C\c2cc(C)n(-c3ccccc3C)c2C)c2ccc(C)cc2)cc1OC. The lowest BCUT2D eigenvalue weighted by atomic mass is 10.2. The Morgan fingerprint density at radius 1 is 0.927 bits per heavy atom. The van der Waals surface area contributed by atoms with Gasteiger partial charge in [0.1, 0.15) is 6.54 Å². The van der Waals surface area contributed by atoms with E-state index in [0.29, 0.717) is 11.4 Å². The van der Waals surface area contributed by atoms with Gasteiger partial charge in [-0.2, -0.15) is 5.10 Å². The van der Waals surface area contributed by atoms with E-state index in [0.717, 1.165) is 38.1 Å². The van der Waals surface area contributed by atoms with Crippen LogP contribution in [0.15, 0.2) is 82.8 Å². The maximum atomic E-state index is 13.8. The molecule has 10 heteroatoms. The minimum Gasteiger partial charge on any atom is -0.493 e. The molecular weight excluding hydrogens is 540 g/mol. The highest BCUT2D eigenvalue weighted by Gasteiger charge is 2.28. The maximum absolute atomic E-state index is 13.8. The van der Waals surface area contributed by atoms with Crippen molar-refractivity contribution in [2.24, 2.45) is 5.10 Å². The lowest BCUT2D eigenvalue weighted by Crippen LogP contribution is -2.39. The minimum atomic E-state index is -4.16. The van der Waals surface area contributed by atoms with Crippen molar-refractivity contribution in [2.45, 2.75) is 32.6 Å². The monoisotopic (exact) mass is 574 g/mol. The van der Waals surface area contributed by atoms with Crippen LogP contribution in [-0.4, -0.2) is 45.9 Å². The first-order valence-electron chi connectivity index (χ1n) is 12.9. The van der Waals surface area contributed by atoms with Crippen molar-refractivity contribution in [3.05, 3.63) is 101 Å². The number of anilines is 1. The fourth-order valence-corrected chi connectivity index (χ4v) is 6.01. The number of methoxy groups -OCH3 is 2. The molecule has 4 rings (SSSR count). The fourth-order valence-electron chi connectivity index (χ4n) is 4.57. The van der Waals surface area contributed by atoms with Crippen molar-refractivity contribution in [1.29, 1.82) is 0 Å². The molecule has 0 aliphatic heterocycles. The number of hydrogen-bond donors (Lipinski definition) is 1. The summed E-state index contributed by atoms with van der Waals surface area (Å²) in [4.78, 5) is 13.0. The standard InChI is InChI=1S/C31H34N4O5S/c1-21-11-13-26(14-12-21)34(41(37,38)27-15-16-29(39-5)30(18-27)40-6)20-31(36)33-32-19-25-17-23(3)35(24(25)4)28-10-8-7-9-22(28)2/h7-19H,20H2,1-6H3,(H,33,36)/b32-19-. The third kappa shape index (κ3) is 6.28. The number of carbonyl (C=O) groups is 1. The van der Waals surface area contributed by atoms with Crippen molar-refractivity contribution >= 4 is 27.8 Å². The van der Waals surface area contributed by atoms with Gasteiger partial charge in [0.05, 0.1) is 31.0 Å². The van der Waals surface area contributed by atoms with E-state index in [9.17, 15) is 13.2 Å². The molecule has 0 saturated heterocycles. The Labute approximate surface area is 241 Å². The number of hydrogen-bond acceptors (Lipinski definition) is 6. The summed E-state index contributed by atoms with van der Waals surface area (Å²) in [5, 5.41) is 4.14. The van der Waals surface area contributed by atoms with Crippen LogP contribution in [0.25, 0.3) is 5.69 Å². The molecule has 3 aromatic carbocycles. The van der Waals surface area contributed by atoms with E-state index in [1.165, 1.54) is 32.4 Å². The number of hydrazone groups is 1. The molecule has 0 bridgehead atoms. The zero-order valence-corrected chi connectivity index (χ0v) is 24.8. The van der Waals surface area contributed by atoms with E-state index in [2.05, 4.69) is 34.2 Å². The molecule has 214 valence electrons. The number of sulfonamides is 1. The number of nitrogens with one attached hydrogen (secondary N) is 1. The first-order valence-corrected chi connectivity index (χ1v) is 14.4. The largest absolute Gasteiger partial charge is 0.493 e. The smallest absolute Gasteiger partial charge is 0.264 e. The summed E-state index contributed by atoms with van der Waals surface area (Å²) >= 11 is 0. The van der Waals surface area contributed by atoms with Crippen molar-refractivity contribution in [3.8, 4) is 17.2 Å². The van der Waals surface area contributed by atoms with Gasteiger partial charge in [0, 0.05) is 28.7 Å². The van der Waals surface area contributed by atoms with Crippen molar-refractivity contribution in [2.75, 3.05) is 25.1 Å². The van der Waals surface area contributed by atoms with Crippen LogP contribution < -0.4 is 19.2 Å². The molecule has 0 saturated carbocycles. The van der Waals surface area contributed by atoms with Gasteiger partial charge < -0.3 is 14.0 Å². The average molecular weight is 575 g/mol. The highest BCUT2D eigenvalue weighted by Crippen LogP contribution is 2.32. The van der Waals surface area contributed by atoms with E-state index in [4.69, 9.17) is 9.47 Å². The Morgan fingerprint density at radius 3 is 2.27 bits per heavy atom. The molecule has 0 unspecified atom stereocenters. The summed E-state index contributed by atoms with van der Waals surface area (Å²) < 4.78 is 41.3. The minimum absolute atomic E-state index is 0.0457. The van der Waals surface area contributed by atoms with Gasteiger partial charge in [-0.15, -0.1) is 0 Å². The topological polar surface area (TPSA) is 102 Å². The van der Waals surface area contributed by atoms with Crippen LogP contribution in [0.2, 0.25) is 0 Å². The number of benzene rings is 3. The van der Waals surface area contributed by atoms with Gasteiger partial charge in [-0.3, -0.25) is 9.10 Å². The normalized spacial score (nSPS) is 11.5. The number of nitrogens with zero attached hydrogens (tertiary/aromatic N) is 3. The van der Waals surface area contributed by atoms with E-state index >= 15 is 0 Å². The summed E-state index contributed by atoms with van der Waals surface area (Å²) in [6.07, 6.45) is 1.56. The summed E-state index contributed by atoms with van der Waals surface area (Å²) in [6.45, 7) is 7.46. The summed E-state index contributed by atoms with van der Waals surface area (Å²) in [5.74, 6) is 0.0515. The number of para-hydroxylation sites is 1. The third-order valence-corrected chi connectivity index (χ3v) is 8.54. The summed E-state index contributed by atoms with van der Waals surface area (Å²) in [6, 6.07) is 21.3. The Bertz CT molecular complexity index is 1690. The highest BCUT2D eigenvalue weighted by molar-refractivity contribution is 7.92. The van der Waals surface area contributed by atoms with Crippen LogP contribution in [0.1, 0.15) is 28.1 Å². The lowest BCUT2D eigenvalue weighted by Gasteiger charge is -2.24. The zero-order chi connectivity index (χ0) is 29.7. The number of aryl methyl sites for hydroxylation is 3. The van der Waals surface area contributed by atoms with Gasteiger partial charge in [0.15, 0.2) is 11.5 Å². The van der Waals surface area contributed by atoms with Gasteiger partial charge in [-0.1, -0.05) is 35.9 Å². The highest BCUT2D eigenvalue weighted by atomic mass is 32.2. The predicted octanol–water partition coefficient (Wildman–Crippen LogP) is 5.07. The molecule has 0 radical (unpaired) electrons. The molecule has 0 aliphatic carbocycles. The number of aromatic nitrogens is 1. The molecule has 1 N–H and O–H groups in total. The van der Waals surface area contributed by atoms with E-state index < -0.39 is 22.5 Å². The number of rotatable bonds is 10. The molecule has 0 fully saturated rings. The van der Waals surface area contributed by atoms with Crippen LogP contribution in [0.3, 0.4) is 0 Å². The summed E-state index contributed by atoms with van der Waals surface area (Å²) in [7, 11) is -1.26. The second-order valence-electron chi connectivity index (χ2n) is 9.61. The van der Waals surface area contributed by atoms with Gasteiger partial charge >= 0.3 is 0 Å². The molecule has 0 aliphatic rings. The van der Waals surface area contributed by atoms with Crippen LogP contribution in [0.5, 0.6) is 11.5 Å². The molecule has 1 aromatic heterocycles. The van der Waals surface area contributed by atoms with Gasteiger partial charge in [-0.25, -0.2) is 13.8 Å². The first-order chi connectivity index (χ1) is 19.6. The maximum Gasteiger partial charge on any atom is 0.264 e. The van der Waals surface area contributed by atoms with Gasteiger partial charge in [0.2, 0.25) is 0 Å². The first kappa shape index (κ1) is 29.4. The molecule has 41 heavy (non-hydrogen) atoms. The van der Waals surface area contributed by atoms with Crippen LogP contribution in [0, 0.1) is 27.7 Å². The van der Waals surface area contributed by atoms with E-state index in [1.807, 2.05) is 39.0 Å². The zero-order valence-electron chi connectivity index (χ0n) is 24.0. The molecule has 4 aromatic rings. The predicted molar refractivity (Wildman–Crippen MR) is 161 cm³/mol. The molecule has 0 atom stereocenters. The summed E-state index contributed by atoms with van der Waals surface area (Å²) in [5.41, 5.74) is 8.81. The second-order valence-corrected chi connectivity index (χ2v) is 11.5. The number of carbonyl (C=O) groups excluding carboxylic acids is 1. The Balaban J connectivity index is 1.59. The van der Waals surface area contributed by atoms with Gasteiger partial charge in [0.25, 0.3) is 15.9 Å². The average Bonchev–Trinajstić information content (AvgIpc) is 3.24. The van der Waals surface area contributed by atoms with Crippen LogP contribution in [-0.2, 0) is 14.8 Å².